The molecular formula is C23H26N2O6S. The number of carboxylic acids is 1. The number of alkyl carbamates (subject to hydrolysis) is 1. The summed E-state index contributed by atoms with van der Waals surface area (Å²) < 4.78 is 10.6. The van der Waals surface area contributed by atoms with Gasteiger partial charge in [-0.25, -0.2) is 4.79 Å². The van der Waals surface area contributed by atoms with Crippen LogP contribution in [0.4, 0.5) is 4.79 Å². The van der Waals surface area contributed by atoms with Gasteiger partial charge in [0, 0.05) is 25.3 Å². The van der Waals surface area contributed by atoms with Crippen LogP contribution in [-0.4, -0.2) is 67.5 Å². The largest absolute Gasteiger partial charge is 0.481 e. The molecule has 2 aromatic rings. The van der Waals surface area contributed by atoms with E-state index < -0.39 is 18.2 Å². The Morgan fingerprint density at radius 3 is 2.25 bits per heavy atom. The summed E-state index contributed by atoms with van der Waals surface area (Å²) in [5.74, 6) is -0.884. The molecule has 0 aromatic heterocycles. The molecule has 2 amide bonds. The third kappa shape index (κ3) is 6.02. The van der Waals surface area contributed by atoms with Gasteiger partial charge in [-0.1, -0.05) is 48.5 Å². The zero-order valence-corrected chi connectivity index (χ0v) is 18.5. The number of carbonyl (C=O) groups excluding carboxylic acids is 2. The molecule has 3 N–H and O–H groups in total. The highest BCUT2D eigenvalue weighted by molar-refractivity contribution is 7.99. The van der Waals surface area contributed by atoms with E-state index >= 15 is 0 Å². The van der Waals surface area contributed by atoms with Crippen LogP contribution in [0.3, 0.4) is 0 Å². The Morgan fingerprint density at radius 1 is 1.03 bits per heavy atom. The van der Waals surface area contributed by atoms with E-state index in [0.29, 0.717) is 12.3 Å². The lowest BCUT2D eigenvalue weighted by atomic mass is 9.98. The van der Waals surface area contributed by atoms with Crippen molar-refractivity contribution < 1.29 is 29.0 Å². The number of benzene rings is 2. The number of rotatable bonds is 11. The smallest absolute Gasteiger partial charge is 0.407 e. The molecule has 1 aliphatic rings. The van der Waals surface area contributed by atoms with Crippen molar-refractivity contribution in [3.05, 3.63) is 59.7 Å². The summed E-state index contributed by atoms with van der Waals surface area (Å²) in [6.45, 7) is 0.452. The van der Waals surface area contributed by atoms with Crippen molar-refractivity contribution in [1.82, 2.24) is 10.6 Å². The molecule has 170 valence electrons. The fourth-order valence-electron chi connectivity index (χ4n) is 3.63. The van der Waals surface area contributed by atoms with E-state index in [1.807, 2.05) is 36.4 Å². The van der Waals surface area contributed by atoms with Crippen LogP contribution in [0.25, 0.3) is 11.1 Å². The first kappa shape index (κ1) is 23.6. The lowest BCUT2D eigenvalue weighted by Gasteiger charge is -2.17. The summed E-state index contributed by atoms with van der Waals surface area (Å²) in [7, 11) is 1.38. The van der Waals surface area contributed by atoms with Crippen molar-refractivity contribution in [2.45, 2.75) is 12.0 Å². The Bertz CT molecular complexity index is 922. The van der Waals surface area contributed by atoms with Gasteiger partial charge in [0.15, 0.2) is 6.10 Å². The monoisotopic (exact) mass is 458 g/mol. The van der Waals surface area contributed by atoms with Crippen molar-refractivity contribution in [2.75, 3.05) is 38.3 Å². The van der Waals surface area contributed by atoms with Crippen LogP contribution < -0.4 is 10.6 Å². The summed E-state index contributed by atoms with van der Waals surface area (Å²) in [5.41, 5.74) is 4.54. The lowest BCUT2D eigenvalue weighted by Crippen LogP contribution is -2.44. The highest BCUT2D eigenvalue weighted by atomic mass is 32.2. The Hall–Kier alpha value is -3.04. The van der Waals surface area contributed by atoms with Crippen LogP contribution >= 0.6 is 11.8 Å². The fraction of sp³-hybridized carbons (Fsp3) is 0.348. The second kappa shape index (κ2) is 11.5. The molecule has 0 spiro atoms. The van der Waals surface area contributed by atoms with Gasteiger partial charge in [-0.2, -0.15) is 0 Å². The van der Waals surface area contributed by atoms with E-state index in [4.69, 9.17) is 14.6 Å². The van der Waals surface area contributed by atoms with Gasteiger partial charge in [0.1, 0.15) is 6.61 Å². The van der Waals surface area contributed by atoms with Gasteiger partial charge in [0.05, 0.1) is 12.3 Å². The number of hydrogen-bond donors (Lipinski definition) is 3. The Labute approximate surface area is 190 Å². The predicted molar refractivity (Wildman–Crippen MR) is 122 cm³/mol. The number of carboxylic acid groups (broad SMARTS) is 1. The van der Waals surface area contributed by atoms with Gasteiger partial charge < -0.3 is 25.2 Å². The van der Waals surface area contributed by atoms with E-state index in [9.17, 15) is 14.4 Å². The van der Waals surface area contributed by atoms with Crippen molar-refractivity contribution in [3.8, 4) is 11.1 Å². The zero-order valence-electron chi connectivity index (χ0n) is 17.7. The third-order valence-electron chi connectivity index (χ3n) is 5.12. The Kier molecular flexibility index (Phi) is 8.52. The molecule has 0 heterocycles. The van der Waals surface area contributed by atoms with Gasteiger partial charge in [-0.15, -0.1) is 11.8 Å². The molecule has 0 fully saturated rings. The number of nitrogens with one attached hydrogen (secondary N) is 2. The van der Waals surface area contributed by atoms with Crippen molar-refractivity contribution in [3.63, 3.8) is 0 Å². The van der Waals surface area contributed by atoms with Gasteiger partial charge in [-0.3, -0.25) is 9.59 Å². The number of fused-ring (bicyclic) bond motifs is 3. The molecular weight excluding hydrogens is 432 g/mol. The van der Waals surface area contributed by atoms with Crippen LogP contribution in [0.5, 0.6) is 0 Å². The third-order valence-corrected chi connectivity index (χ3v) is 6.07. The second-order valence-electron chi connectivity index (χ2n) is 7.17. The topological polar surface area (TPSA) is 114 Å². The number of methoxy groups -OCH3 is 1. The van der Waals surface area contributed by atoms with Gasteiger partial charge in [-0.05, 0) is 22.3 Å². The quantitative estimate of drug-likeness (QED) is 0.443. The van der Waals surface area contributed by atoms with Crippen LogP contribution in [0.15, 0.2) is 48.5 Å². The number of aliphatic carboxylic acids is 1. The minimum Gasteiger partial charge on any atom is -0.481 e. The standard InChI is InChI=1S/C23H26N2O6S/c1-30-20(22(28)24-10-11-32-14-21(26)27)12-25-23(29)31-13-19-17-8-4-2-6-15(17)16-7-3-5-9-18(16)19/h2-9,19-20H,10-14H2,1H3,(H,24,28)(H,25,29)(H,26,27). The van der Waals surface area contributed by atoms with Crippen LogP contribution in [0, 0.1) is 0 Å². The Morgan fingerprint density at radius 2 is 1.66 bits per heavy atom. The molecule has 8 nitrogen and oxygen atoms in total. The fourth-order valence-corrected chi connectivity index (χ4v) is 4.19. The number of amides is 2. The molecule has 32 heavy (non-hydrogen) atoms. The number of hydrogen-bond acceptors (Lipinski definition) is 6. The maximum absolute atomic E-state index is 12.3. The van der Waals surface area contributed by atoms with Crippen molar-refractivity contribution in [2.24, 2.45) is 0 Å². The molecule has 1 unspecified atom stereocenters. The van der Waals surface area contributed by atoms with E-state index in [0.717, 1.165) is 22.3 Å². The summed E-state index contributed by atoms with van der Waals surface area (Å²) in [6.07, 6.45) is -1.50. The molecule has 0 saturated heterocycles. The molecule has 2 aromatic carbocycles. The van der Waals surface area contributed by atoms with Crippen LogP contribution in [0.2, 0.25) is 0 Å². The minimum absolute atomic E-state index is 0.0209. The van der Waals surface area contributed by atoms with E-state index in [2.05, 4.69) is 22.8 Å². The predicted octanol–water partition coefficient (Wildman–Crippen LogP) is 2.47. The van der Waals surface area contributed by atoms with E-state index in [1.165, 1.54) is 18.9 Å². The molecule has 0 radical (unpaired) electrons. The SMILES string of the molecule is COC(CNC(=O)OCC1c2ccccc2-c2ccccc21)C(=O)NCCSCC(=O)O. The first-order valence-corrected chi connectivity index (χ1v) is 11.4. The number of thioether (sulfide) groups is 1. The van der Waals surface area contributed by atoms with Crippen LogP contribution in [-0.2, 0) is 19.1 Å². The number of ether oxygens (including phenoxy) is 2. The highest BCUT2D eigenvalue weighted by Crippen LogP contribution is 2.44. The van der Waals surface area contributed by atoms with Gasteiger partial charge in [0.25, 0.3) is 5.91 Å². The molecule has 9 heteroatoms. The molecule has 1 atom stereocenters. The summed E-state index contributed by atoms with van der Waals surface area (Å²) in [5, 5.41) is 13.8. The maximum Gasteiger partial charge on any atom is 0.407 e. The first-order chi connectivity index (χ1) is 15.5. The van der Waals surface area contributed by atoms with Gasteiger partial charge >= 0.3 is 12.1 Å². The second-order valence-corrected chi connectivity index (χ2v) is 8.27. The average Bonchev–Trinajstić information content (AvgIpc) is 3.11. The van der Waals surface area contributed by atoms with E-state index in [-0.39, 0.29) is 30.7 Å². The zero-order chi connectivity index (χ0) is 22.9. The van der Waals surface area contributed by atoms with Crippen molar-refractivity contribution in [1.29, 1.82) is 0 Å². The summed E-state index contributed by atoms with van der Waals surface area (Å²) >= 11 is 1.21. The molecule has 0 saturated carbocycles. The Balaban J connectivity index is 1.45. The molecule has 1 aliphatic carbocycles. The first-order valence-electron chi connectivity index (χ1n) is 10.2. The average molecular weight is 459 g/mol. The summed E-state index contributed by atoms with van der Waals surface area (Å²) in [4.78, 5) is 34.9. The minimum atomic E-state index is -0.900. The molecule has 0 bridgehead atoms. The summed E-state index contributed by atoms with van der Waals surface area (Å²) in [6, 6.07) is 16.1. The normalized spacial score (nSPS) is 13.0. The number of carbonyl (C=O) groups is 3. The highest BCUT2D eigenvalue weighted by Gasteiger charge is 2.29. The molecule has 3 rings (SSSR count). The van der Waals surface area contributed by atoms with Crippen LogP contribution in [0.1, 0.15) is 17.0 Å². The molecule has 0 aliphatic heterocycles. The van der Waals surface area contributed by atoms with Crippen molar-refractivity contribution >= 4 is 29.7 Å². The van der Waals surface area contributed by atoms with Gasteiger partial charge in [0.2, 0.25) is 0 Å². The lowest BCUT2D eigenvalue weighted by molar-refractivity contribution is -0.134. The maximum atomic E-state index is 12.3. The van der Waals surface area contributed by atoms with E-state index in [1.54, 1.807) is 0 Å².